The normalized spacial score (nSPS) is 16.6. The van der Waals surface area contributed by atoms with Crippen molar-refractivity contribution in [3.63, 3.8) is 0 Å². The quantitative estimate of drug-likeness (QED) is 0.375. The number of nitrogens with one attached hydrogen (secondary N) is 2. The molecular weight excluding hydrogens is 411 g/mol. The van der Waals surface area contributed by atoms with E-state index in [1.165, 1.54) is 0 Å². The molecule has 2 aromatic rings. The summed E-state index contributed by atoms with van der Waals surface area (Å²) in [6.07, 6.45) is 3.67. The SMILES string of the molecule is CCNC(=NCCCc1ccc(Cl)cc1Cl)NC1CCc2nc(COC)nn2C1. The zero-order valence-corrected chi connectivity index (χ0v) is 18.4. The predicted octanol–water partition coefficient (Wildman–Crippen LogP) is 3.23. The third-order valence-corrected chi connectivity index (χ3v) is 5.34. The smallest absolute Gasteiger partial charge is 0.191 e. The lowest BCUT2D eigenvalue weighted by molar-refractivity contribution is 0.177. The van der Waals surface area contributed by atoms with Gasteiger partial charge < -0.3 is 15.4 Å². The van der Waals surface area contributed by atoms with E-state index in [4.69, 9.17) is 32.9 Å². The number of rotatable bonds is 8. The summed E-state index contributed by atoms with van der Waals surface area (Å²) in [5.74, 6) is 2.60. The van der Waals surface area contributed by atoms with Gasteiger partial charge in [-0.1, -0.05) is 29.3 Å². The molecule has 0 radical (unpaired) electrons. The molecule has 29 heavy (non-hydrogen) atoms. The molecule has 1 unspecified atom stereocenters. The molecule has 7 nitrogen and oxygen atoms in total. The summed E-state index contributed by atoms with van der Waals surface area (Å²) in [7, 11) is 1.66. The van der Waals surface area contributed by atoms with Crippen LogP contribution >= 0.6 is 23.2 Å². The van der Waals surface area contributed by atoms with Gasteiger partial charge in [-0.3, -0.25) is 4.99 Å². The van der Waals surface area contributed by atoms with Gasteiger partial charge in [0.1, 0.15) is 12.4 Å². The largest absolute Gasteiger partial charge is 0.377 e. The molecule has 0 saturated heterocycles. The van der Waals surface area contributed by atoms with Crippen LogP contribution in [0.4, 0.5) is 0 Å². The van der Waals surface area contributed by atoms with Gasteiger partial charge in [0.2, 0.25) is 0 Å². The lowest BCUT2D eigenvalue weighted by atomic mass is 10.1. The third-order valence-electron chi connectivity index (χ3n) is 4.75. The second-order valence-electron chi connectivity index (χ2n) is 7.04. The number of methoxy groups -OCH3 is 1. The molecule has 3 rings (SSSR count). The van der Waals surface area contributed by atoms with E-state index in [9.17, 15) is 0 Å². The van der Waals surface area contributed by atoms with E-state index in [0.29, 0.717) is 23.2 Å². The van der Waals surface area contributed by atoms with Gasteiger partial charge in [0.25, 0.3) is 0 Å². The Morgan fingerprint density at radius 3 is 3.00 bits per heavy atom. The Balaban J connectivity index is 1.52. The van der Waals surface area contributed by atoms with Crippen LogP contribution in [0.1, 0.15) is 37.0 Å². The number of aromatic nitrogens is 3. The average Bonchev–Trinajstić information content (AvgIpc) is 3.08. The Morgan fingerprint density at radius 1 is 1.38 bits per heavy atom. The molecule has 0 aliphatic carbocycles. The fraction of sp³-hybridized carbons (Fsp3) is 0.550. The minimum atomic E-state index is 0.267. The topological polar surface area (TPSA) is 76.4 Å². The van der Waals surface area contributed by atoms with Crippen molar-refractivity contribution in [2.45, 2.75) is 51.8 Å². The number of aryl methyl sites for hydroxylation is 2. The molecular formula is C20H28Cl2N6O. The molecule has 2 N–H and O–H groups in total. The summed E-state index contributed by atoms with van der Waals surface area (Å²) in [6.45, 7) is 4.82. The summed E-state index contributed by atoms with van der Waals surface area (Å²) < 4.78 is 7.10. The van der Waals surface area contributed by atoms with Crippen LogP contribution in [0.3, 0.4) is 0 Å². The van der Waals surface area contributed by atoms with Crippen molar-refractivity contribution in [2.24, 2.45) is 4.99 Å². The van der Waals surface area contributed by atoms with Crippen molar-refractivity contribution in [3.8, 4) is 0 Å². The minimum Gasteiger partial charge on any atom is -0.377 e. The number of guanidine groups is 1. The van der Waals surface area contributed by atoms with E-state index >= 15 is 0 Å². The molecule has 1 atom stereocenters. The molecule has 2 heterocycles. The standard InChI is InChI=1S/C20H28Cl2N6O/c1-3-23-20(24-10-4-5-14-6-7-15(21)11-17(14)22)25-16-8-9-19-26-18(13-29-2)27-28(19)12-16/h6-7,11,16H,3-5,8-10,12-13H2,1-2H3,(H2,23,24,25). The number of benzene rings is 1. The number of nitrogens with zero attached hydrogens (tertiary/aromatic N) is 4. The monoisotopic (exact) mass is 438 g/mol. The zero-order valence-electron chi connectivity index (χ0n) is 16.9. The first-order valence-corrected chi connectivity index (χ1v) is 10.7. The molecule has 1 aromatic heterocycles. The highest BCUT2D eigenvalue weighted by molar-refractivity contribution is 6.35. The molecule has 0 saturated carbocycles. The maximum absolute atomic E-state index is 6.25. The number of halogens is 2. The molecule has 1 aromatic carbocycles. The summed E-state index contributed by atoms with van der Waals surface area (Å²) in [4.78, 5) is 9.25. The molecule has 9 heteroatoms. The average molecular weight is 439 g/mol. The van der Waals surface area contributed by atoms with E-state index in [1.807, 2.05) is 16.8 Å². The number of ether oxygens (including phenoxy) is 1. The second-order valence-corrected chi connectivity index (χ2v) is 7.88. The van der Waals surface area contributed by atoms with Crippen molar-refractivity contribution in [3.05, 3.63) is 45.5 Å². The fourth-order valence-corrected chi connectivity index (χ4v) is 3.87. The lowest BCUT2D eigenvalue weighted by Crippen LogP contribution is -2.47. The van der Waals surface area contributed by atoms with Gasteiger partial charge >= 0.3 is 0 Å². The van der Waals surface area contributed by atoms with Crippen LogP contribution < -0.4 is 10.6 Å². The molecule has 0 spiro atoms. The Labute approximate surface area is 181 Å². The Bertz CT molecular complexity index is 838. The summed E-state index contributed by atoms with van der Waals surface area (Å²) in [5, 5.41) is 12.8. The highest BCUT2D eigenvalue weighted by Gasteiger charge is 2.22. The molecule has 1 aliphatic rings. The zero-order chi connectivity index (χ0) is 20.6. The predicted molar refractivity (Wildman–Crippen MR) is 117 cm³/mol. The van der Waals surface area contributed by atoms with Crippen molar-refractivity contribution < 1.29 is 4.74 Å². The van der Waals surface area contributed by atoms with Gasteiger partial charge in [0.15, 0.2) is 11.8 Å². The van der Waals surface area contributed by atoms with Gasteiger partial charge in [-0.2, -0.15) is 5.10 Å². The van der Waals surface area contributed by atoms with Crippen LogP contribution in [0.2, 0.25) is 10.0 Å². The molecule has 0 bridgehead atoms. The van der Waals surface area contributed by atoms with Crippen LogP contribution in [-0.4, -0.2) is 47.0 Å². The third kappa shape index (κ3) is 6.32. The van der Waals surface area contributed by atoms with E-state index in [2.05, 4.69) is 27.6 Å². The van der Waals surface area contributed by atoms with E-state index < -0.39 is 0 Å². The Morgan fingerprint density at radius 2 is 2.24 bits per heavy atom. The first kappa shape index (κ1) is 21.9. The highest BCUT2D eigenvalue weighted by Crippen LogP contribution is 2.22. The van der Waals surface area contributed by atoms with Crippen molar-refractivity contribution >= 4 is 29.2 Å². The van der Waals surface area contributed by atoms with Gasteiger partial charge in [-0.05, 0) is 43.9 Å². The van der Waals surface area contributed by atoms with Crippen LogP contribution in [0.25, 0.3) is 0 Å². The minimum absolute atomic E-state index is 0.267. The van der Waals surface area contributed by atoms with E-state index in [1.54, 1.807) is 13.2 Å². The maximum Gasteiger partial charge on any atom is 0.191 e. The van der Waals surface area contributed by atoms with Crippen LogP contribution in [0, 0.1) is 0 Å². The fourth-order valence-electron chi connectivity index (χ4n) is 3.37. The van der Waals surface area contributed by atoms with Gasteiger partial charge in [-0.15, -0.1) is 0 Å². The van der Waals surface area contributed by atoms with Gasteiger partial charge in [0, 0.05) is 42.7 Å². The molecule has 1 aliphatic heterocycles. The number of aliphatic imine (C=N–C) groups is 1. The van der Waals surface area contributed by atoms with Crippen LogP contribution in [0.15, 0.2) is 23.2 Å². The highest BCUT2D eigenvalue weighted by atomic mass is 35.5. The lowest BCUT2D eigenvalue weighted by Gasteiger charge is -2.25. The number of hydrogen-bond donors (Lipinski definition) is 2. The number of fused-ring (bicyclic) bond motifs is 1. The second kappa shape index (κ2) is 10.8. The Kier molecular flexibility index (Phi) is 8.15. The maximum atomic E-state index is 6.25. The van der Waals surface area contributed by atoms with E-state index in [-0.39, 0.29) is 6.04 Å². The van der Waals surface area contributed by atoms with Crippen molar-refractivity contribution in [1.82, 2.24) is 25.4 Å². The van der Waals surface area contributed by atoms with Gasteiger partial charge in [-0.25, -0.2) is 9.67 Å². The van der Waals surface area contributed by atoms with Crippen molar-refractivity contribution in [2.75, 3.05) is 20.2 Å². The molecule has 158 valence electrons. The Hall–Kier alpha value is -1.83. The van der Waals surface area contributed by atoms with Crippen LogP contribution in [-0.2, 0) is 30.7 Å². The van der Waals surface area contributed by atoms with Gasteiger partial charge in [0.05, 0.1) is 6.54 Å². The summed E-state index contributed by atoms with van der Waals surface area (Å²) >= 11 is 12.2. The molecule has 0 amide bonds. The first-order valence-electron chi connectivity index (χ1n) is 9.99. The van der Waals surface area contributed by atoms with Crippen LogP contribution in [0.5, 0.6) is 0 Å². The molecule has 0 fully saturated rings. The summed E-state index contributed by atoms with van der Waals surface area (Å²) in [6, 6.07) is 5.90. The van der Waals surface area contributed by atoms with E-state index in [0.717, 1.165) is 61.9 Å². The number of hydrogen-bond acceptors (Lipinski definition) is 4. The first-order chi connectivity index (χ1) is 14.1. The van der Waals surface area contributed by atoms with Crippen molar-refractivity contribution in [1.29, 1.82) is 0 Å². The summed E-state index contributed by atoms with van der Waals surface area (Å²) in [5.41, 5.74) is 1.10.